The second kappa shape index (κ2) is 14.4. The molecule has 0 saturated carbocycles. The Morgan fingerprint density at radius 1 is 0.882 bits per heavy atom. The molecule has 2 atom stereocenters. The number of nitrogens with zero attached hydrogens (tertiary/aromatic N) is 9. The SMILES string of the molecule is COc1ccc(-n2nnnc2C(F)(F)F)c(OC)c1CN1C[C@@H]2CN(C(=O)c3cncnc3)CCN2[C@H](C(c2ccccc2)c2ccccc2)C1. The van der Waals surface area contributed by atoms with Crippen LogP contribution in [0, 0.1) is 0 Å². The van der Waals surface area contributed by atoms with E-state index in [0.29, 0.717) is 54.3 Å². The van der Waals surface area contributed by atoms with Crippen LogP contribution in [0.3, 0.4) is 0 Å². The number of halogens is 3. The van der Waals surface area contributed by atoms with E-state index in [4.69, 9.17) is 9.47 Å². The summed E-state index contributed by atoms with van der Waals surface area (Å²) in [5, 5.41) is 10.2. The zero-order valence-electron chi connectivity index (χ0n) is 28.0. The van der Waals surface area contributed by atoms with Crippen LogP contribution in [0.1, 0.15) is 38.8 Å². The molecular formula is C36H36F3N9O3. The van der Waals surface area contributed by atoms with Crippen LogP contribution < -0.4 is 9.47 Å². The molecule has 0 aliphatic carbocycles. The molecule has 51 heavy (non-hydrogen) atoms. The lowest BCUT2D eigenvalue weighted by atomic mass is 9.81. The van der Waals surface area contributed by atoms with Gasteiger partial charge in [-0.25, -0.2) is 9.97 Å². The molecule has 12 nitrogen and oxygen atoms in total. The summed E-state index contributed by atoms with van der Waals surface area (Å²) in [6, 6.07) is 23.7. The molecule has 0 spiro atoms. The smallest absolute Gasteiger partial charge is 0.453 e. The van der Waals surface area contributed by atoms with Crippen LogP contribution in [0.5, 0.6) is 11.5 Å². The summed E-state index contributed by atoms with van der Waals surface area (Å²) < 4.78 is 53.9. The van der Waals surface area contributed by atoms with Gasteiger partial charge in [-0.15, -0.1) is 5.10 Å². The molecule has 2 aromatic heterocycles. The normalized spacial score (nSPS) is 18.4. The first kappa shape index (κ1) is 34.1. The van der Waals surface area contributed by atoms with Crippen molar-refractivity contribution in [3.05, 3.63) is 120 Å². The van der Waals surface area contributed by atoms with E-state index in [1.54, 1.807) is 6.07 Å². The van der Waals surface area contributed by atoms with E-state index in [9.17, 15) is 18.0 Å². The minimum atomic E-state index is -4.79. The maximum absolute atomic E-state index is 13.9. The minimum absolute atomic E-state index is 0.0202. The lowest BCUT2D eigenvalue weighted by Gasteiger charge is -2.53. The number of benzene rings is 3. The van der Waals surface area contributed by atoms with Crippen LogP contribution >= 0.6 is 0 Å². The number of tetrazole rings is 1. The standard InChI is InChI=1S/C36H36F3N9O3/c1-50-31-14-13-29(48-35(36(37,38)39)42-43-44-48)33(51-2)28(31)21-45-19-27-20-46(34(49)26-17-40-23-41-18-26)15-16-47(27)30(22-45)32(24-9-5-3-6-10-24)25-11-7-4-8-12-25/h3-14,17-18,23,27,30,32H,15-16,19-22H2,1-2H3/t27-,30+/m1/s1. The summed E-state index contributed by atoms with van der Waals surface area (Å²) in [5.41, 5.74) is 3.32. The van der Waals surface area contributed by atoms with Crippen molar-refractivity contribution >= 4 is 5.91 Å². The van der Waals surface area contributed by atoms with Gasteiger partial charge in [0.2, 0.25) is 0 Å². The third-order valence-electron chi connectivity index (χ3n) is 9.62. The van der Waals surface area contributed by atoms with Gasteiger partial charge in [0.1, 0.15) is 17.8 Å². The van der Waals surface area contributed by atoms with E-state index in [1.807, 2.05) is 41.3 Å². The highest BCUT2D eigenvalue weighted by molar-refractivity contribution is 5.93. The molecule has 1 amide bonds. The van der Waals surface area contributed by atoms with E-state index in [0.717, 1.165) is 11.1 Å². The van der Waals surface area contributed by atoms with E-state index in [2.05, 4.69) is 59.6 Å². The van der Waals surface area contributed by atoms with Gasteiger partial charge in [-0.05, 0) is 33.7 Å². The van der Waals surface area contributed by atoms with Gasteiger partial charge in [-0.2, -0.15) is 17.9 Å². The van der Waals surface area contributed by atoms with Crippen molar-refractivity contribution in [3.8, 4) is 17.2 Å². The summed E-state index contributed by atoms with van der Waals surface area (Å²) in [6.45, 7) is 3.11. The molecule has 5 aromatic rings. The highest BCUT2D eigenvalue weighted by Gasteiger charge is 2.44. The molecule has 2 aliphatic heterocycles. The Kier molecular flexibility index (Phi) is 9.65. The van der Waals surface area contributed by atoms with Gasteiger partial charge in [0.05, 0.1) is 25.3 Å². The third kappa shape index (κ3) is 6.86. The topological polar surface area (TPSA) is 115 Å². The van der Waals surface area contributed by atoms with Crippen molar-refractivity contribution in [1.29, 1.82) is 0 Å². The molecule has 4 heterocycles. The molecule has 2 saturated heterocycles. The molecule has 2 aliphatic rings. The summed E-state index contributed by atoms with van der Waals surface area (Å²) in [4.78, 5) is 28.3. The second-order valence-corrected chi connectivity index (χ2v) is 12.5. The van der Waals surface area contributed by atoms with Crippen LogP contribution in [-0.4, -0.2) is 110 Å². The maximum atomic E-state index is 13.9. The molecular weight excluding hydrogens is 663 g/mol. The van der Waals surface area contributed by atoms with Crippen molar-refractivity contribution in [2.24, 2.45) is 0 Å². The largest absolute Gasteiger partial charge is 0.496 e. The Hall–Kier alpha value is -5.41. The number of rotatable bonds is 9. The highest BCUT2D eigenvalue weighted by atomic mass is 19.4. The molecule has 0 radical (unpaired) electrons. The molecule has 3 aromatic carbocycles. The predicted octanol–water partition coefficient (Wildman–Crippen LogP) is 4.33. The molecule has 0 N–H and O–H groups in total. The second-order valence-electron chi connectivity index (χ2n) is 12.5. The average molecular weight is 700 g/mol. The third-order valence-corrected chi connectivity index (χ3v) is 9.62. The number of fused-ring (bicyclic) bond motifs is 1. The molecule has 0 bridgehead atoms. The van der Waals surface area contributed by atoms with Gasteiger partial charge in [0.15, 0.2) is 5.75 Å². The Bertz CT molecular complexity index is 1910. The number of hydrogen-bond acceptors (Lipinski definition) is 10. The number of amides is 1. The summed E-state index contributed by atoms with van der Waals surface area (Å²) >= 11 is 0. The number of methoxy groups -OCH3 is 2. The fourth-order valence-electron chi connectivity index (χ4n) is 7.45. The first-order chi connectivity index (χ1) is 24.8. The fourth-order valence-corrected chi connectivity index (χ4v) is 7.45. The van der Waals surface area contributed by atoms with Crippen molar-refractivity contribution < 1.29 is 27.4 Å². The van der Waals surface area contributed by atoms with Crippen molar-refractivity contribution in [3.63, 3.8) is 0 Å². The first-order valence-corrected chi connectivity index (χ1v) is 16.5. The fraction of sp³-hybridized carbons (Fsp3) is 0.333. The molecule has 15 heteroatoms. The zero-order valence-corrected chi connectivity index (χ0v) is 28.0. The van der Waals surface area contributed by atoms with Crippen LogP contribution in [0.4, 0.5) is 13.2 Å². The Morgan fingerprint density at radius 3 is 2.20 bits per heavy atom. The zero-order chi connectivity index (χ0) is 35.5. The number of carbonyl (C=O) groups excluding carboxylic acids is 1. The number of ether oxygens (including phenoxy) is 2. The van der Waals surface area contributed by atoms with Gasteiger partial charge in [-0.1, -0.05) is 60.7 Å². The van der Waals surface area contributed by atoms with Crippen LogP contribution in [-0.2, 0) is 12.7 Å². The molecule has 264 valence electrons. The highest BCUT2D eigenvalue weighted by Crippen LogP contribution is 2.40. The van der Waals surface area contributed by atoms with Gasteiger partial charge >= 0.3 is 6.18 Å². The van der Waals surface area contributed by atoms with E-state index in [1.165, 1.54) is 39.0 Å². The van der Waals surface area contributed by atoms with Crippen molar-refractivity contribution in [1.82, 2.24) is 44.9 Å². The van der Waals surface area contributed by atoms with Gasteiger partial charge in [0.25, 0.3) is 11.7 Å². The molecule has 7 rings (SSSR count). The first-order valence-electron chi connectivity index (χ1n) is 16.5. The Labute approximate surface area is 292 Å². The summed E-state index contributed by atoms with van der Waals surface area (Å²) in [6.07, 6.45) is -0.345. The number of alkyl halides is 3. The van der Waals surface area contributed by atoms with Crippen LogP contribution in [0.15, 0.2) is 91.5 Å². The lowest BCUT2D eigenvalue weighted by molar-refractivity contribution is -0.146. The van der Waals surface area contributed by atoms with Gasteiger partial charge in [-0.3, -0.25) is 14.6 Å². The molecule has 0 unspecified atom stereocenters. The summed E-state index contributed by atoms with van der Waals surface area (Å²) in [5.74, 6) is -0.811. The van der Waals surface area contributed by atoms with E-state index >= 15 is 0 Å². The number of carbonyl (C=O) groups is 1. The van der Waals surface area contributed by atoms with Gasteiger partial charge < -0.3 is 14.4 Å². The van der Waals surface area contributed by atoms with E-state index < -0.39 is 12.0 Å². The number of aromatic nitrogens is 6. The van der Waals surface area contributed by atoms with E-state index in [-0.39, 0.29) is 41.9 Å². The number of hydrogen-bond donors (Lipinski definition) is 0. The average Bonchev–Trinajstić information content (AvgIpc) is 3.67. The minimum Gasteiger partial charge on any atom is -0.496 e. The van der Waals surface area contributed by atoms with Crippen molar-refractivity contribution in [2.45, 2.75) is 30.7 Å². The maximum Gasteiger partial charge on any atom is 0.453 e. The number of piperazine rings is 2. The Morgan fingerprint density at radius 2 is 1.57 bits per heavy atom. The quantitative estimate of drug-likeness (QED) is 0.220. The summed E-state index contributed by atoms with van der Waals surface area (Å²) in [7, 11) is 2.91. The molecule has 2 fully saturated rings. The lowest BCUT2D eigenvalue weighted by Crippen LogP contribution is -2.67. The Balaban J connectivity index is 1.29. The van der Waals surface area contributed by atoms with Crippen molar-refractivity contribution in [2.75, 3.05) is 46.9 Å². The monoisotopic (exact) mass is 699 g/mol. The van der Waals surface area contributed by atoms with Crippen LogP contribution in [0.2, 0.25) is 0 Å². The predicted molar refractivity (Wildman–Crippen MR) is 179 cm³/mol. The van der Waals surface area contributed by atoms with Crippen LogP contribution in [0.25, 0.3) is 5.69 Å². The van der Waals surface area contributed by atoms with Gasteiger partial charge in [0, 0.05) is 69.7 Å².